The first-order chi connectivity index (χ1) is 28.3. The molecular formula is C53H33N3O. The summed E-state index contributed by atoms with van der Waals surface area (Å²) < 4.78 is 6.75. The topological polar surface area (TPSA) is 51.8 Å². The summed E-state index contributed by atoms with van der Waals surface area (Å²) in [5.41, 5.74) is 11.4. The fourth-order valence-corrected chi connectivity index (χ4v) is 8.21. The maximum Gasteiger partial charge on any atom is 0.164 e. The lowest BCUT2D eigenvalue weighted by Gasteiger charge is -2.13. The highest BCUT2D eigenvalue weighted by atomic mass is 16.3. The first kappa shape index (κ1) is 32.7. The van der Waals surface area contributed by atoms with Gasteiger partial charge in [-0.25, -0.2) is 15.0 Å². The van der Waals surface area contributed by atoms with Crippen LogP contribution in [-0.4, -0.2) is 15.0 Å². The van der Waals surface area contributed by atoms with Crippen molar-refractivity contribution in [1.29, 1.82) is 0 Å². The van der Waals surface area contributed by atoms with Crippen LogP contribution in [0.1, 0.15) is 0 Å². The van der Waals surface area contributed by atoms with Gasteiger partial charge in [0, 0.05) is 38.4 Å². The average molecular weight is 728 g/mol. The van der Waals surface area contributed by atoms with Gasteiger partial charge in [0.25, 0.3) is 0 Å². The van der Waals surface area contributed by atoms with Crippen LogP contribution in [0.4, 0.5) is 0 Å². The first-order valence-corrected chi connectivity index (χ1v) is 19.2. The number of furan rings is 1. The van der Waals surface area contributed by atoms with Crippen LogP contribution in [0, 0.1) is 0 Å². The molecule has 0 saturated carbocycles. The van der Waals surface area contributed by atoms with Crippen molar-refractivity contribution in [2.24, 2.45) is 0 Å². The predicted octanol–water partition coefficient (Wildman–Crippen LogP) is 14.1. The normalized spacial score (nSPS) is 11.5. The van der Waals surface area contributed by atoms with E-state index in [1.54, 1.807) is 0 Å². The van der Waals surface area contributed by atoms with Crippen LogP contribution in [0.15, 0.2) is 205 Å². The van der Waals surface area contributed by atoms with Gasteiger partial charge < -0.3 is 4.42 Å². The van der Waals surface area contributed by atoms with Crippen molar-refractivity contribution in [3.05, 3.63) is 200 Å². The summed E-state index contributed by atoms with van der Waals surface area (Å²) in [7, 11) is 0. The van der Waals surface area contributed by atoms with Crippen molar-refractivity contribution < 1.29 is 4.42 Å². The van der Waals surface area contributed by atoms with Gasteiger partial charge in [0.1, 0.15) is 11.2 Å². The van der Waals surface area contributed by atoms with E-state index in [0.717, 1.165) is 82.4 Å². The van der Waals surface area contributed by atoms with Crippen molar-refractivity contribution in [2.45, 2.75) is 0 Å². The summed E-state index contributed by atoms with van der Waals surface area (Å²) in [5.74, 6) is 1.89. The lowest BCUT2D eigenvalue weighted by Crippen LogP contribution is -2.00. The zero-order valence-electron chi connectivity index (χ0n) is 30.8. The number of para-hydroxylation sites is 1. The number of aromatic nitrogens is 3. The summed E-state index contributed by atoms with van der Waals surface area (Å²) in [6.45, 7) is 0. The van der Waals surface area contributed by atoms with Crippen LogP contribution in [0.25, 0.3) is 111 Å². The molecule has 4 nitrogen and oxygen atoms in total. The van der Waals surface area contributed by atoms with Gasteiger partial charge in [-0.15, -0.1) is 0 Å². The fraction of sp³-hybridized carbons (Fsp3) is 0. The summed E-state index contributed by atoms with van der Waals surface area (Å²) in [4.78, 5) is 15.3. The van der Waals surface area contributed by atoms with E-state index in [1.165, 1.54) is 11.1 Å². The smallest absolute Gasteiger partial charge is 0.164 e. The first-order valence-electron chi connectivity index (χ1n) is 19.2. The van der Waals surface area contributed by atoms with Crippen LogP contribution in [-0.2, 0) is 0 Å². The van der Waals surface area contributed by atoms with Crippen LogP contribution in [0.2, 0.25) is 0 Å². The second-order valence-electron chi connectivity index (χ2n) is 14.3. The molecule has 266 valence electrons. The fourth-order valence-electron chi connectivity index (χ4n) is 8.21. The molecule has 0 saturated heterocycles. The molecule has 2 aromatic heterocycles. The van der Waals surface area contributed by atoms with Crippen molar-refractivity contribution in [2.75, 3.05) is 0 Å². The standard InChI is InChI=1S/C53H33N3O/c1-4-15-34(16-5-1)39-31-32-46(42-22-11-10-21-41(39)42)53-55-51(37-19-8-3-9-20-37)54-52(56-53)38-29-27-36(28-30-38)47-33-48-45-26-14-25-40(35-17-6-2-7-18-35)49(45)57-50(48)44-24-13-12-23-43(44)47/h1-33H. The Morgan fingerprint density at radius 1 is 0.246 bits per heavy atom. The number of hydrogen-bond donors (Lipinski definition) is 0. The van der Waals surface area contributed by atoms with Gasteiger partial charge in [-0.2, -0.15) is 0 Å². The molecule has 0 aliphatic heterocycles. The van der Waals surface area contributed by atoms with Crippen molar-refractivity contribution in [3.63, 3.8) is 0 Å². The summed E-state index contributed by atoms with van der Waals surface area (Å²) in [6.07, 6.45) is 0. The highest BCUT2D eigenvalue weighted by Crippen LogP contribution is 2.43. The Kier molecular flexibility index (Phi) is 7.78. The lowest BCUT2D eigenvalue weighted by molar-refractivity contribution is 0.674. The Bertz CT molecular complexity index is 3260. The minimum absolute atomic E-state index is 0.621. The molecule has 0 atom stereocenters. The van der Waals surface area contributed by atoms with Gasteiger partial charge >= 0.3 is 0 Å². The Morgan fingerprint density at radius 3 is 1.32 bits per heavy atom. The third-order valence-electron chi connectivity index (χ3n) is 11.0. The molecule has 9 aromatic carbocycles. The lowest BCUT2D eigenvalue weighted by atomic mass is 9.94. The van der Waals surface area contributed by atoms with Crippen molar-refractivity contribution in [1.82, 2.24) is 15.0 Å². The van der Waals surface area contributed by atoms with Crippen molar-refractivity contribution >= 4 is 43.5 Å². The highest BCUT2D eigenvalue weighted by molar-refractivity contribution is 6.20. The number of benzene rings is 9. The molecule has 0 N–H and O–H groups in total. The van der Waals surface area contributed by atoms with Gasteiger partial charge in [-0.3, -0.25) is 0 Å². The Morgan fingerprint density at radius 2 is 0.667 bits per heavy atom. The molecule has 2 heterocycles. The van der Waals surface area contributed by atoms with E-state index in [-0.39, 0.29) is 0 Å². The summed E-state index contributed by atoms with van der Waals surface area (Å²) >= 11 is 0. The van der Waals surface area contributed by atoms with E-state index < -0.39 is 0 Å². The average Bonchev–Trinajstić information content (AvgIpc) is 3.68. The van der Waals surface area contributed by atoms with Crippen LogP contribution >= 0.6 is 0 Å². The highest BCUT2D eigenvalue weighted by Gasteiger charge is 2.19. The Balaban J connectivity index is 1.05. The minimum atomic E-state index is 0.621. The molecule has 4 heteroatoms. The molecule has 0 amide bonds. The Hall–Kier alpha value is -7.69. The van der Waals surface area contributed by atoms with E-state index in [9.17, 15) is 0 Å². The third kappa shape index (κ3) is 5.66. The quantitative estimate of drug-likeness (QED) is 0.171. The molecule has 0 radical (unpaired) electrons. The number of hydrogen-bond acceptors (Lipinski definition) is 4. The Labute approximate surface area is 329 Å². The number of nitrogens with zero attached hydrogens (tertiary/aromatic N) is 3. The molecule has 0 aliphatic rings. The minimum Gasteiger partial charge on any atom is -0.455 e. The summed E-state index contributed by atoms with van der Waals surface area (Å²) in [5, 5.41) is 6.67. The largest absolute Gasteiger partial charge is 0.455 e. The molecule has 0 spiro atoms. The van der Waals surface area contributed by atoms with E-state index in [2.05, 4.69) is 158 Å². The van der Waals surface area contributed by atoms with Gasteiger partial charge in [0.2, 0.25) is 0 Å². The number of rotatable bonds is 6. The molecule has 0 unspecified atom stereocenters. The molecule has 11 aromatic rings. The number of fused-ring (bicyclic) bond motifs is 6. The van der Waals surface area contributed by atoms with Crippen molar-refractivity contribution in [3.8, 4) is 67.5 Å². The van der Waals surface area contributed by atoms with Crippen LogP contribution in [0.3, 0.4) is 0 Å². The van der Waals surface area contributed by atoms with E-state index in [0.29, 0.717) is 17.5 Å². The maximum absolute atomic E-state index is 6.75. The SMILES string of the molecule is c1ccc(-c2nc(-c3ccc(-c4cc5c6cccc(-c7ccccc7)c6oc5c5ccccc45)cc3)nc(-c3ccc(-c4ccccc4)c4ccccc34)n2)cc1. The van der Waals surface area contributed by atoms with Gasteiger partial charge in [-0.05, 0) is 56.1 Å². The molecule has 0 aliphatic carbocycles. The molecule has 11 rings (SSSR count). The predicted molar refractivity (Wildman–Crippen MR) is 235 cm³/mol. The zero-order chi connectivity index (χ0) is 37.7. The second kappa shape index (κ2) is 13.6. The molecular weight excluding hydrogens is 695 g/mol. The second-order valence-corrected chi connectivity index (χ2v) is 14.3. The van der Waals surface area contributed by atoms with Crippen LogP contribution in [0.5, 0.6) is 0 Å². The maximum atomic E-state index is 6.75. The van der Waals surface area contributed by atoms with Gasteiger partial charge in [0.15, 0.2) is 17.5 Å². The van der Waals surface area contributed by atoms with Gasteiger partial charge in [0.05, 0.1) is 0 Å². The monoisotopic (exact) mass is 727 g/mol. The van der Waals surface area contributed by atoms with E-state index in [4.69, 9.17) is 19.4 Å². The van der Waals surface area contributed by atoms with Gasteiger partial charge in [-0.1, -0.05) is 188 Å². The molecule has 57 heavy (non-hydrogen) atoms. The summed E-state index contributed by atoms with van der Waals surface area (Å²) in [6, 6.07) is 69.8. The zero-order valence-corrected chi connectivity index (χ0v) is 30.8. The van der Waals surface area contributed by atoms with E-state index in [1.807, 2.05) is 42.5 Å². The van der Waals surface area contributed by atoms with E-state index >= 15 is 0 Å². The van der Waals surface area contributed by atoms with Crippen LogP contribution < -0.4 is 0 Å². The molecule has 0 fully saturated rings. The third-order valence-corrected chi connectivity index (χ3v) is 11.0. The molecule has 0 bridgehead atoms.